The summed E-state index contributed by atoms with van der Waals surface area (Å²) in [6.45, 7) is 1.43. The van der Waals surface area contributed by atoms with Crippen molar-refractivity contribution in [2.24, 2.45) is 11.8 Å². The lowest BCUT2D eigenvalue weighted by Gasteiger charge is -2.40. The van der Waals surface area contributed by atoms with Gasteiger partial charge in [-0.1, -0.05) is 29.8 Å². The molecule has 5 rings (SSSR count). The maximum Gasteiger partial charge on any atom is 0.349 e. The lowest BCUT2D eigenvalue weighted by atomic mass is 9.93. The van der Waals surface area contributed by atoms with Crippen LogP contribution >= 0.6 is 34.3 Å². The van der Waals surface area contributed by atoms with Gasteiger partial charge in [0, 0.05) is 23.3 Å². The Morgan fingerprint density at radius 3 is 2.46 bits per heavy atom. The number of thiophene rings is 2. The lowest BCUT2D eigenvalue weighted by Crippen LogP contribution is -2.54. The summed E-state index contributed by atoms with van der Waals surface area (Å²) in [5.74, 6) is 0.829. The summed E-state index contributed by atoms with van der Waals surface area (Å²) < 4.78 is 13.0. The minimum atomic E-state index is -1.75. The number of aliphatic hydroxyl groups is 1. The van der Waals surface area contributed by atoms with Crippen LogP contribution in [0.1, 0.15) is 29.0 Å². The SMILES string of the molecule is C[N+](C)(CCOc1cccc(Cl)c1)C1CC2CCC1C2OC(=O)C(O)(c1cccs1)c1cccs1. The Kier molecular flexibility index (Phi) is 6.98. The average molecular weight is 533 g/mol. The van der Waals surface area contributed by atoms with Crippen molar-refractivity contribution in [3.05, 3.63) is 74.1 Å². The predicted octanol–water partition coefficient (Wildman–Crippen LogP) is 5.56. The van der Waals surface area contributed by atoms with Crippen molar-refractivity contribution in [1.82, 2.24) is 0 Å². The molecule has 1 aromatic carbocycles. The van der Waals surface area contributed by atoms with E-state index in [1.54, 1.807) is 12.1 Å². The van der Waals surface area contributed by atoms with E-state index in [0.717, 1.165) is 36.0 Å². The lowest BCUT2D eigenvalue weighted by molar-refractivity contribution is -0.918. The van der Waals surface area contributed by atoms with Gasteiger partial charge in [-0.3, -0.25) is 0 Å². The number of hydrogen-bond donors (Lipinski definition) is 1. The predicted molar refractivity (Wildman–Crippen MR) is 140 cm³/mol. The summed E-state index contributed by atoms with van der Waals surface area (Å²) in [4.78, 5) is 14.8. The highest BCUT2D eigenvalue weighted by Gasteiger charge is 2.57. The highest BCUT2D eigenvalue weighted by molar-refractivity contribution is 7.12. The Balaban J connectivity index is 1.27. The van der Waals surface area contributed by atoms with E-state index in [1.165, 1.54) is 22.7 Å². The van der Waals surface area contributed by atoms with Gasteiger partial charge in [-0.2, -0.15) is 0 Å². The van der Waals surface area contributed by atoms with E-state index >= 15 is 0 Å². The van der Waals surface area contributed by atoms with Gasteiger partial charge in [0.25, 0.3) is 0 Å². The number of hydrogen-bond acceptors (Lipinski definition) is 6. The Bertz CT molecular complexity index is 1110. The molecule has 2 fully saturated rings. The van der Waals surface area contributed by atoms with Crippen molar-refractivity contribution in [1.29, 1.82) is 0 Å². The van der Waals surface area contributed by atoms with Crippen LogP contribution in [0.15, 0.2) is 59.3 Å². The number of nitrogens with zero attached hydrogens (tertiary/aromatic N) is 1. The molecule has 2 aliphatic carbocycles. The van der Waals surface area contributed by atoms with E-state index in [-0.39, 0.29) is 12.0 Å². The van der Waals surface area contributed by atoms with Crippen molar-refractivity contribution in [2.45, 2.75) is 37.0 Å². The van der Waals surface area contributed by atoms with Crippen LogP contribution in [0.2, 0.25) is 5.02 Å². The van der Waals surface area contributed by atoms with Crippen LogP contribution in [0.5, 0.6) is 5.75 Å². The molecule has 5 nitrogen and oxygen atoms in total. The van der Waals surface area contributed by atoms with E-state index in [9.17, 15) is 9.90 Å². The van der Waals surface area contributed by atoms with E-state index in [4.69, 9.17) is 21.1 Å². The molecule has 0 spiro atoms. The molecule has 8 heteroatoms. The molecular formula is C27H31ClNO4S2+. The van der Waals surface area contributed by atoms with Gasteiger partial charge in [-0.25, -0.2) is 4.79 Å². The molecule has 2 aliphatic rings. The number of rotatable bonds is 9. The van der Waals surface area contributed by atoms with Gasteiger partial charge in [0.15, 0.2) is 0 Å². The van der Waals surface area contributed by atoms with E-state index in [0.29, 0.717) is 33.3 Å². The van der Waals surface area contributed by atoms with E-state index in [1.807, 2.05) is 47.2 Å². The molecular weight excluding hydrogens is 502 g/mol. The minimum absolute atomic E-state index is 0.162. The first-order chi connectivity index (χ1) is 16.8. The highest BCUT2D eigenvalue weighted by atomic mass is 35.5. The van der Waals surface area contributed by atoms with Crippen LogP contribution in [0, 0.1) is 11.8 Å². The summed E-state index contributed by atoms with van der Waals surface area (Å²) in [7, 11) is 4.47. The minimum Gasteiger partial charge on any atom is -0.488 e. The monoisotopic (exact) mass is 532 g/mol. The first-order valence-corrected chi connectivity index (χ1v) is 14.2. The number of esters is 1. The van der Waals surface area contributed by atoms with Crippen LogP contribution in [0.25, 0.3) is 0 Å². The molecule has 35 heavy (non-hydrogen) atoms. The number of carbonyl (C=O) groups excluding carboxylic acids is 1. The molecule has 4 atom stereocenters. The fraction of sp³-hybridized carbons (Fsp3) is 0.444. The third kappa shape index (κ3) is 4.77. The van der Waals surface area contributed by atoms with Crippen LogP contribution in [-0.2, 0) is 15.1 Å². The quantitative estimate of drug-likeness (QED) is 0.289. The average Bonchev–Trinajstić information content (AvgIpc) is 3.64. The fourth-order valence-electron chi connectivity index (χ4n) is 5.84. The molecule has 4 unspecified atom stereocenters. The number of quaternary nitrogens is 1. The number of carbonyl (C=O) groups is 1. The van der Waals surface area contributed by atoms with Gasteiger partial charge >= 0.3 is 5.97 Å². The summed E-state index contributed by atoms with van der Waals surface area (Å²) in [6.07, 6.45) is 2.96. The second-order valence-corrected chi connectivity index (χ2v) is 12.5. The van der Waals surface area contributed by atoms with Crippen molar-refractivity contribution >= 4 is 40.2 Å². The smallest absolute Gasteiger partial charge is 0.349 e. The number of fused-ring (bicyclic) bond motifs is 2. The van der Waals surface area contributed by atoms with Crippen molar-refractivity contribution in [3.63, 3.8) is 0 Å². The van der Waals surface area contributed by atoms with Gasteiger partial charge < -0.3 is 19.1 Å². The first-order valence-electron chi connectivity index (χ1n) is 12.0. The van der Waals surface area contributed by atoms with Crippen LogP contribution in [0.3, 0.4) is 0 Å². The van der Waals surface area contributed by atoms with Crippen molar-refractivity contribution in [3.8, 4) is 5.75 Å². The van der Waals surface area contributed by atoms with Gasteiger partial charge in [0.1, 0.15) is 25.0 Å². The zero-order valence-electron chi connectivity index (χ0n) is 19.9. The standard InChI is InChI=1S/C27H31ClNO4S2/c1-29(2,12-13-32-20-7-3-6-19(28)17-20)22-16-18-10-11-21(22)25(18)33-26(30)27(31,23-8-4-14-34-23)24-9-5-15-35-24/h3-9,14-15,17-18,21-22,25,31H,10-13,16H2,1-2H3/q+1. The molecule has 0 aliphatic heterocycles. The molecule has 2 saturated carbocycles. The summed E-state index contributed by atoms with van der Waals surface area (Å²) >= 11 is 8.82. The molecule has 0 amide bonds. The van der Waals surface area contributed by atoms with Gasteiger partial charge in [-0.15, -0.1) is 22.7 Å². The van der Waals surface area contributed by atoms with Gasteiger partial charge in [0.05, 0.1) is 29.9 Å². The number of likely N-dealkylation sites (N-methyl/N-ethyl adjacent to an activating group) is 1. The Hall–Kier alpha value is -1.90. The maximum atomic E-state index is 13.6. The fourth-order valence-corrected chi connectivity index (χ4v) is 7.74. The third-order valence-corrected chi connectivity index (χ3v) is 9.91. The topological polar surface area (TPSA) is 55.8 Å². The third-order valence-electron chi connectivity index (χ3n) is 7.72. The van der Waals surface area contributed by atoms with Crippen LogP contribution in [-0.4, -0.2) is 55.0 Å². The van der Waals surface area contributed by atoms with E-state index in [2.05, 4.69) is 14.1 Å². The summed E-state index contributed by atoms with van der Waals surface area (Å²) in [6, 6.07) is 15.2. The zero-order valence-corrected chi connectivity index (χ0v) is 22.3. The Morgan fingerprint density at radius 1 is 1.11 bits per heavy atom. The molecule has 2 heterocycles. The zero-order chi connectivity index (χ0) is 24.6. The molecule has 186 valence electrons. The number of benzene rings is 1. The molecule has 0 saturated heterocycles. The van der Waals surface area contributed by atoms with Crippen LogP contribution < -0.4 is 4.74 Å². The second-order valence-electron chi connectivity index (χ2n) is 10.1. The number of halogens is 1. The van der Waals surface area contributed by atoms with Crippen LogP contribution in [0.4, 0.5) is 0 Å². The first kappa shape index (κ1) is 24.8. The second kappa shape index (κ2) is 9.87. The largest absolute Gasteiger partial charge is 0.488 e. The summed E-state index contributed by atoms with van der Waals surface area (Å²) in [5, 5.41) is 16.1. The summed E-state index contributed by atoms with van der Waals surface area (Å²) in [5.41, 5.74) is -1.75. The molecule has 1 N–H and O–H groups in total. The normalized spacial score (nSPS) is 24.0. The Morgan fingerprint density at radius 2 is 1.83 bits per heavy atom. The Labute approximate surface area is 219 Å². The molecule has 3 aromatic rings. The highest BCUT2D eigenvalue weighted by Crippen LogP contribution is 2.50. The molecule has 0 radical (unpaired) electrons. The van der Waals surface area contributed by atoms with Crippen molar-refractivity contribution in [2.75, 3.05) is 27.2 Å². The van der Waals surface area contributed by atoms with Gasteiger partial charge in [-0.05, 0) is 53.9 Å². The maximum absolute atomic E-state index is 13.6. The molecule has 2 bridgehead atoms. The van der Waals surface area contributed by atoms with E-state index < -0.39 is 11.6 Å². The molecule has 2 aromatic heterocycles. The number of ether oxygens (including phenoxy) is 2. The van der Waals surface area contributed by atoms with Gasteiger partial charge in [0.2, 0.25) is 5.60 Å². The van der Waals surface area contributed by atoms with Crippen molar-refractivity contribution < 1.29 is 23.9 Å².